The van der Waals surface area contributed by atoms with Crippen molar-refractivity contribution in [3.05, 3.63) is 47.4 Å². The first-order chi connectivity index (χ1) is 16.1. The minimum Gasteiger partial charge on any atom is -0.462 e. The third-order valence-electron chi connectivity index (χ3n) is 5.18. The number of nitrogens with one attached hydrogen (secondary N) is 1. The van der Waals surface area contributed by atoms with Gasteiger partial charge in [-0.2, -0.15) is 18.2 Å². The Morgan fingerprint density at radius 1 is 1.18 bits per heavy atom. The van der Waals surface area contributed by atoms with Crippen LogP contribution in [0.1, 0.15) is 30.5 Å². The molecule has 0 spiro atoms. The quantitative estimate of drug-likeness (QED) is 0.400. The number of anilines is 2. The van der Waals surface area contributed by atoms with Crippen LogP contribution in [0.3, 0.4) is 0 Å². The fourth-order valence-corrected chi connectivity index (χ4v) is 4.26. The second-order valence-electron chi connectivity index (χ2n) is 7.66. The van der Waals surface area contributed by atoms with E-state index >= 15 is 0 Å². The number of morpholine rings is 1. The van der Waals surface area contributed by atoms with Crippen LogP contribution in [0.25, 0.3) is 10.6 Å². The third kappa shape index (κ3) is 5.24. The number of halogens is 4. The molecular weight excluding hydrogens is 476 g/mol. The van der Waals surface area contributed by atoms with E-state index in [9.17, 15) is 22.4 Å². The fourth-order valence-electron chi connectivity index (χ4n) is 3.35. The highest BCUT2D eigenvalue weighted by atomic mass is 32.1. The molecule has 1 aliphatic rings. The molecule has 180 valence electrons. The maximum atomic E-state index is 14.0. The van der Waals surface area contributed by atoms with Gasteiger partial charge in [-0.3, -0.25) is 9.78 Å². The zero-order valence-electron chi connectivity index (χ0n) is 18.1. The van der Waals surface area contributed by atoms with Gasteiger partial charge in [0.2, 0.25) is 5.95 Å². The molecule has 1 N–H and O–H groups in total. The minimum atomic E-state index is -4.50. The minimum absolute atomic E-state index is 0.0673. The summed E-state index contributed by atoms with van der Waals surface area (Å²) in [4.78, 5) is 30.5. The summed E-state index contributed by atoms with van der Waals surface area (Å²) in [6, 6.07) is 2.89. The molecule has 1 fully saturated rings. The Bertz CT molecular complexity index is 1150. The van der Waals surface area contributed by atoms with Gasteiger partial charge in [0.15, 0.2) is 0 Å². The van der Waals surface area contributed by atoms with E-state index in [-0.39, 0.29) is 25.1 Å². The molecule has 0 bridgehead atoms. The van der Waals surface area contributed by atoms with E-state index < -0.39 is 30.1 Å². The Balaban J connectivity index is 1.48. The van der Waals surface area contributed by atoms with Gasteiger partial charge in [-0.15, -0.1) is 11.3 Å². The number of thiazole rings is 1. The number of cyclic esters (lactones) is 1. The summed E-state index contributed by atoms with van der Waals surface area (Å²) in [5, 5.41) is 3.65. The van der Waals surface area contributed by atoms with Crippen LogP contribution in [-0.4, -0.2) is 51.3 Å². The Hall–Kier alpha value is -3.35. The zero-order chi connectivity index (χ0) is 24.5. The molecule has 1 saturated heterocycles. The predicted octanol–water partition coefficient (Wildman–Crippen LogP) is 4.28. The number of hydrogen-bond acceptors (Lipinski definition) is 9. The summed E-state index contributed by atoms with van der Waals surface area (Å²) in [6.45, 7) is 3.06. The Kier molecular flexibility index (Phi) is 6.64. The summed E-state index contributed by atoms with van der Waals surface area (Å²) in [5.74, 6) is 0.186. The molecule has 3 atom stereocenters. The molecule has 4 heterocycles. The van der Waals surface area contributed by atoms with Gasteiger partial charge < -0.3 is 15.0 Å². The van der Waals surface area contributed by atoms with Crippen LogP contribution < -0.4 is 10.2 Å². The average Bonchev–Trinajstić information content (AvgIpc) is 3.29. The van der Waals surface area contributed by atoms with E-state index in [1.807, 2.05) is 6.92 Å². The van der Waals surface area contributed by atoms with Crippen molar-refractivity contribution in [1.29, 1.82) is 0 Å². The number of esters is 1. The molecule has 0 unspecified atom stereocenters. The van der Waals surface area contributed by atoms with Gasteiger partial charge in [-0.25, -0.2) is 14.4 Å². The van der Waals surface area contributed by atoms with Crippen LogP contribution in [0.15, 0.2) is 36.8 Å². The van der Waals surface area contributed by atoms with Crippen molar-refractivity contribution in [1.82, 2.24) is 19.9 Å². The van der Waals surface area contributed by atoms with Crippen molar-refractivity contribution >= 4 is 29.1 Å². The molecule has 1 aliphatic heterocycles. The third-order valence-corrected chi connectivity index (χ3v) is 6.41. The van der Waals surface area contributed by atoms with Gasteiger partial charge in [-0.05, 0) is 32.0 Å². The molecule has 34 heavy (non-hydrogen) atoms. The van der Waals surface area contributed by atoms with E-state index in [0.717, 1.165) is 17.1 Å². The van der Waals surface area contributed by atoms with Crippen LogP contribution in [-0.2, 0) is 15.7 Å². The Morgan fingerprint density at radius 2 is 1.97 bits per heavy atom. The van der Waals surface area contributed by atoms with Crippen LogP contribution in [0, 0.1) is 0 Å². The lowest BCUT2D eigenvalue weighted by molar-refractivity contribution is -0.146. The van der Waals surface area contributed by atoms with Crippen LogP contribution >= 0.6 is 11.3 Å². The second-order valence-corrected chi connectivity index (χ2v) is 8.72. The largest absolute Gasteiger partial charge is 0.462 e. The molecule has 0 saturated carbocycles. The van der Waals surface area contributed by atoms with Gasteiger partial charge in [-0.1, -0.05) is 0 Å². The molecule has 3 aromatic rings. The molecule has 0 amide bonds. The summed E-state index contributed by atoms with van der Waals surface area (Å²) in [5.41, 5.74) is -0.496. The van der Waals surface area contributed by atoms with Crippen molar-refractivity contribution in [3.8, 4) is 10.6 Å². The Morgan fingerprint density at radius 3 is 2.65 bits per heavy atom. The van der Waals surface area contributed by atoms with E-state index in [1.54, 1.807) is 17.2 Å². The van der Waals surface area contributed by atoms with Crippen molar-refractivity contribution < 1.29 is 27.1 Å². The van der Waals surface area contributed by atoms with Gasteiger partial charge in [0, 0.05) is 29.0 Å². The topological polar surface area (TPSA) is 93.1 Å². The van der Waals surface area contributed by atoms with E-state index in [4.69, 9.17) is 4.74 Å². The average molecular weight is 496 g/mol. The molecule has 0 aliphatic carbocycles. The highest BCUT2D eigenvalue weighted by molar-refractivity contribution is 7.15. The smallest absolute Gasteiger partial charge is 0.433 e. The standard InChI is InChI=1S/C21H20F4N6O2S/c1-11(22)14-10-33-18(32)9-31(14)17-5-6-26-20(30-17)29-12(2)15-8-28-19(34-15)13-3-4-16(27-7-13)21(23,24)25/h3-8,11-12,14H,9-10H2,1-2H3,(H,26,29,30)/t11-,12+,14-/m1/s1. The first-order valence-electron chi connectivity index (χ1n) is 10.3. The van der Waals surface area contributed by atoms with Crippen molar-refractivity contribution in [2.75, 3.05) is 23.4 Å². The first-order valence-corrected chi connectivity index (χ1v) is 11.1. The summed E-state index contributed by atoms with van der Waals surface area (Å²) < 4.78 is 57.2. The van der Waals surface area contributed by atoms with Gasteiger partial charge in [0.25, 0.3) is 0 Å². The van der Waals surface area contributed by atoms with Gasteiger partial charge in [0.05, 0.1) is 12.1 Å². The highest BCUT2D eigenvalue weighted by Gasteiger charge is 2.34. The molecule has 4 rings (SSSR count). The monoisotopic (exact) mass is 496 g/mol. The van der Waals surface area contributed by atoms with E-state index in [1.165, 1.54) is 30.5 Å². The number of nitrogens with zero attached hydrogens (tertiary/aromatic N) is 5. The van der Waals surface area contributed by atoms with E-state index in [0.29, 0.717) is 16.4 Å². The Labute approximate surface area is 196 Å². The molecule has 3 aromatic heterocycles. The molecule has 8 nitrogen and oxygen atoms in total. The van der Waals surface area contributed by atoms with Crippen LogP contribution in [0.5, 0.6) is 0 Å². The van der Waals surface area contributed by atoms with Gasteiger partial charge in [0.1, 0.15) is 35.8 Å². The molecular formula is C21H20F4N6O2S. The number of ether oxygens (including phenoxy) is 1. The molecule has 0 radical (unpaired) electrons. The number of rotatable bonds is 6. The number of pyridine rings is 1. The molecule has 13 heteroatoms. The highest BCUT2D eigenvalue weighted by Crippen LogP contribution is 2.32. The second kappa shape index (κ2) is 9.49. The lowest BCUT2D eigenvalue weighted by Gasteiger charge is -2.36. The number of aromatic nitrogens is 4. The van der Waals surface area contributed by atoms with Gasteiger partial charge >= 0.3 is 12.1 Å². The van der Waals surface area contributed by atoms with Crippen molar-refractivity contribution in [2.24, 2.45) is 0 Å². The van der Waals surface area contributed by atoms with Crippen LogP contribution in [0.2, 0.25) is 0 Å². The summed E-state index contributed by atoms with van der Waals surface area (Å²) in [6.07, 6.45) is -1.49. The normalized spacial score (nSPS) is 18.4. The van der Waals surface area contributed by atoms with E-state index in [2.05, 4.69) is 25.3 Å². The zero-order valence-corrected chi connectivity index (χ0v) is 18.9. The maximum Gasteiger partial charge on any atom is 0.433 e. The lowest BCUT2D eigenvalue weighted by Crippen LogP contribution is -2.52. The number of carbonyl (C=O) groups is 1. The number of carbonyl (C=O) groups excluding carboxylic acids is 1. The number of alkyl halides is 4. The van der Waals surface area contributed by atoms with Crippen molar-refractivity contribution in [2.45, 2.75) is 38.3 Å². The SMILES string of the molecule is C[C@H](Nc1nccc(N2CC(=O)OC[C@@H]2[C@@H](C)F)n1)c1cnc(-c2ccc(C(F)(F)F)nc2)s1. The summed E-state index contributed by atoms with van der Waals surface area (Å²) in [7, 11) is 0. The first kappa shape index (κ1) is 23.8. The fraction of sp³-hybridized carbons (Fsp3) is 0.381. The van der Waals surface area contributed by atoms with Crippen LogP contribution in [0.4, 0.5) is 29.3 Å². The maximum absolute atomic E-state index is 14.0. The predicted molar refractivity (Wildman–Crippen MR) is 117 cm³/mol. The molecule has 0 aromatic carbocycles. The van der Waals surface area contributed by atoms with Crippen molar-refractivity contribution in [3.63, 3.8) is 0 Å². The number of hydrogen-bond donors (Lipinski definition) is 1. The lowest BCUT2D eigenvalue weighted by atomic mass is 10.1. The summed E-state index contributed by atoms with van der Waals surface area (Å²) >= 11 is 1.29.